The number of methoxy groups -OCH3 is 1. The maximum absolute atomic E-state index is 13.1. The Morgan fingerprint density at radius 3 is 1.98 bits per heavy atom. The minimum absolute atomic E-state index is 0.144. The molecule has 0 fully saturated rings. The van der Waals surface area contributed by atoms with Gasteiger partial charge in [0, 0.05) is 6.42 Å². The van der Waals surface area contributed by atoms with E-state index in [9.17, 15) is 14.3 Å². The minimum Gasteiger partial charge on any atom is -0.497 e. The second-order valence-corrected chi connectivity index (χ2v) is 8.91. The molecule has 0 heterocycles. The topological polar surface area (TPSA) is 86.6 Å². The smallest absolute Gasteiger partial charge is 0.345 e. The van der Waals surface area contributed by atoms with E-state index < -0.39 is 17.9 Å². The second kappa shape index (κ2) is 13.8. The molecular formula is C32H30FNO6. The van der Waals surface area contributed by atoms with E-state index in [-0.39, 0.29) is 25.4 Å². The van der Waals surface area contributed by atoms with Gasteiger partial charge in [0.25, 0.3) is 0 Å². The van der Waals surface area contributed by atoms with Gasteiger partial charge in [-0.1, -0.05) is 53.7 Å². The number of nitrogens with zero attached hydrogens (tertiary/aromatic N) is 1. The third kappa shape index (κ3) is 8.07. The number of carboxylic acid groups (broad SMARTS) is 1. The van der Waals surface area contributed by atoms with Crippen molar-refractivity contribution < 1.29 is 33.3 Å². The van der Waals surface area contributed by atoms with Crippen molar-refractivity contribution in [2.24, 2.45) is 5.16 Å². The van der Waals surface area contributed by atoms with Crippen LogP contribution in [0.15, 0.2) is 102 Å². The summed E-state index contributed by atoms with van der Waals surface area (Å²) in [5.74, 6) is 0.204. The molecule has 4 aromatic carbocycles. The maximum atomic E-state index is 13.1. The molecule has 0 amide bonds. The van der Waals surface area contributed by atoms with Crippen LogP contribution in [0, 0.1) is 5.82 Å². The van der Waals surface area contributed by atoms with Crippen molar-refractivity contribution in [1.82, 2.24) is 0 Å². The molecule has 0 aliphatic rings. The molecule has 0 aliphatic carbocycles. The monoisotopic (exact) mass is 543 g/mol. The average Bonchev–Trinajstić information content (AvgIpc) is 2.98. The van der Waals surface area contributed by atoms with Gasteiger partial charge in [0.05, 0.1) is 12.8 Å². The number of hydrogen-bond acceptors (Lipinski definition) is 6. The lowest BCUT2D eigenvalue weighted by atomic mass is 10.0. The second-order valence-electron chi connectivity index (χ2n) is 8.91. The lowest BCUT2D eigenvalue weighted by Crippen LogP contribution is -2.29. The molecule has 0 radical (unpaired) electrons. The first-order chi connectivity index (χ1) is 19.4. The van der Waals surface area contributed by atoms with Crippen molar-refractivity contribution in [2.75, 3.05) is 20.3 Å². The Bertz CT molecular complexity index is 1400. The maximum Gasteiger partial charge on any atom is 0.345 e. The van der Waals surface area contributed by atoms with Crippen LogP contribution < -0.4 is 14.2 Å². The molecule has 4 rings (SSSR count). The van der Waals surface area contributed by atoms with Gasteiger partial charge in [0.1, 0.15) is 29.7 Å². The number of ether oxygens (including phenoxy) is 3. The Labute approximate surface area is 232 Å². The Kier molecular flexibility index (Phi) is 9.72. The quantitative estimate of drug-likeness (QED) is 0.119. The highest BCUT2D eigenvalue weighted by Gasteiger charge is 2.20. The molecule has 0 aromatic heterocycles. The molecule has 1 N–H and O–H groups in total. The van der Waals surface area contributed by atoms with E-state index in [1.807, 2.05) is 55.5 Å². The van der Waals surface area contributed by atoms with E-state index in [1.165, 1.54) is 24.3 Å². The highest BCUT2D eigenvalue weighted by Crippen LogP contribution is 2.23. The summed E-state index contributed by atoms with van der Waals surface area (Å²) in [7, 11) is 1.65. The van der Waals surface area contributed by atoms with Crippen LogP contribution in [-0.4, -0.2) is 43.2 Å². The molecule has 0 aliphatic heterocycles. The zero-order valence-electron chi connectivity index (χ0n) is 22.2. The molecule has 0 unspecified atom stereocenters. The third-order valence-corrected chi connectivity index (χ3v) is 6.08. The Morgan fingerprint density at radius 2 is 1.38 bits per heavy atom. The van der Waals surface area contributed by atoms with Gasteiger partial charge in [-0.15, -0.1) is 0 Å². The van der Waals surface area contributed by atoms with E-state index in [0.717, 1.165) is 33.7 Å². The van der Waals surface area contributed by atoms with Gasteiger partial charge >= 0.3 is 5.97 Å². The van der Waals surface area contributed by atoms with Crippen LogP contribution in [0.25, 0.3) is 11.1 Å². The summed E-state index contributed by atoms with van der Waals surface area (Å²) in [5, 5.41) is 13.7. The summed E-state index contributed by atoms with van der Waals surface area (Å²) >= 11 is 0. The van der Waals surface area contributed by atoms with Crippen molar-refractivity contribution in [3.05, 3.63) is 114 Å². The van der Waals surface area contributed by atoms with Crippen LogP contribution in [0.1, 0.15) is 18.1 Å². The van der Waals surface area contributed by atoms with Crippen LogP contribution in [0.4, 0.5) is 4.39 Å². The SMILES string of the molecule is COc1ccc(-c2ccc(C(C)=NOCCOc3ccc(C[C@H](Oc4ccc(F)cc4)C(=O)O)cc3)cc2)cc1. The summed E-state index contributed by atoms with van der Waals surface area (Å²) in [4.78, 5) is 17.0. The molecule has 0 bridgehead atoms. The van der Waals surface area contributed by atoms with Crippen LogP contribution in [-0.2, 0) is 16.1 Å². The molecule has 4 aromatic rings. The summed E-state index contributed by atoms with van der Waals surface area (Å²) in [6.45, 7) is 2.43. The fraction of sp³-hybridized carbons (Fsp3) is 0.188. The Hall–Kier alpha value is -4.85. The molecule has 1 atom stereocenters. The molecule has 40 heavy (non-hydrogen) atoms. The number of rotatable bonds is 13. The Balaban J connectivity index is 1.21. The number of carbonyl (C=O) groups is 1. The summed E-state index contributed by atoms with van der Waals surface area (Å²) in [5.41, 5.74) is 4.66. The summed E-state index contributed by atoms with van der Waals surface area (Å²) in [6, 6.07) is 28.3. The number of oxime groups is 1. The molecule has 0 saturated heterocycles. The first kappa shape index (κ1) is 28.2. The van der Waals surface area contributed by atoms with Gasteiger partial charge in [0.15, 0.2) is 12.7 Å². The molecule has 7 nitrogen and oxygen atoms in total. The average molecular weight is 544 g/mol. The van der Waals surface area contributed by atoms with Crippen molar-refractivity contribution in [3.8, 4) is 28.4 Å². The van der Waals surface area contributed by atoms with Crippen LogP contribution in [0.5, 0.6) is 17.2 Å². The number of aliphatic carboxylic acids is 1. The third-order valence-electron chi connectivity index (χ3n) is 6.08. The first-order valence-corrected chi connectivity index (χ1v) is 12.7. The van der Waals surface area contributed by atoms with E-state index in [1.54, 1.807) is 31.4 Å². The van der Waals surface area contributed by atoms with Crippen LogP contribution >= 0.6 is 0 Å². The van der Waals surface area contributed by atoms with E-state index in [2.05, 4.69) is 5.16 Å². The number of hydrogen-bond donors (Lipinski definition) is 1. The zero-order chi connectivity index (χ0) is 28.3. The van der Waals surface area contributed by atoms with Gasteiger partial charge in [0.2, 0.25) is 0 Å². The number of benzene rings is 4. The van der Waals surface area contributed by atoms with Crippen molar-refractivity contribution in [1.29, 1.82) is 0 Å². The fourth-order valence-corrected chi connectivity index (χ4v) is 3.87. The Morgan fingerprint density at radius 1 is 0.800 bits per heavy atom. The summed E-state index contributed by atoms with van der Waals surface area (Å²) < 4.78 is 29.5. The molecule has 0 spiro atoms. The number of halogens is 1. The standard InChI is InChI=1S/C32H30FNO6/c1-22(24-5-7-25(8-6-24)26-9-15-28(37-2)16-10-26)34-39-20-19-38-29-13-3-23(4-14-29)21-31(32(35)36)40-30-17-11-27(33)12-18-30/h3-18,31H,19-21H2,1-2H3,(H,35,36)/t31-/m0/s1. The van der Waals surface area contributed by atoms with E-state index in [0.29, 0.717) is 5.75 Å². The minimum atomic E-state index is -1.11. The van der Waals surface area contributed by atoms with E-state index >= 15 is 0 Å². The van der Waals surface area contributed by atoms with Gasteiger partial charge in [-0.2, -0.15) is 0 Å². The predicted octanol–water partition coefficient (Wildman–Crippen LogP) is 6.40. The van der Waals surface area contributed by atoms with Crippen molar-refractivity contribution in [2.45, 2.75) is 19.4 Å². The normalized spacial score (nSPS) is 11.9. The van der Waals surface area contributed by atoms with Gasteiger partial charge in [-0.05, 0) is 77.7 Å². The highest BCUT2D eigenvalue weighted by molar-refractivity contribution is 5.98. The van der Waals surface area contributed by atoms with Crippen LogP contribution in [0.2, 0.25) is 0 Å². The van der Waals surface area contributed by atoms with E-state index in [4.69, 9.17) is 19.0 Å². The first-order valence-electron chi connectivity index (χ1n) is 12.7. The van der Waals surface area contributed by atoms with Crippen LogP contribution in [0.3, 0.4) is 0 Å². The van der Waals surface area contributed by atoms with Gasteiger partial charge in [-0.25, -0.2) is 9.18 Å². The summed E-state index contributed by atoms with van der Waals surface area (Å²) in [6.07, 6.45) is -0.962. The predicted molar refractivity (Wildman–Crippen MR) is 151 cm³/mol. The molecule has 8 heteroatoms. The van der Waals surface area contributed by atoms with Crippen molar-refractivity contribution in [3.63, 3.8) is 0 Å². The van der Waals surface area contributed by atoms with Gasteiger partial charge < -0.3 is 24.2 Å². The highest BCUT2D eigenvalue weighted by atomic mass is 19.1. The molecule has 0 saturated carbocycles. The largest absolute Gasteiger partial charge is 0.497 e. The van der Waals surface area contributed by atoms with Crippen molar-refractivity contribution >= 4 is 11.7 Å². The lowest BCUT2D eigenvalue weighted by molar-refractivity contribution is -0.145. The van der Waals surface area contributed by atoms with Gasteiger partial charge in [-0.3, -0.25) is 0 Å². The molecule has 206 valence electrons. The molecular weight excluding hydrogens is 513 g/mol. The fourth-order valence-electron chi connectivity index (χ4n) is 3.87. The lowest BCUT2D eigenvalue weighted by Gasteiger charge is -2.15. The number of carboxylic acids is 1. The zero-order valence-corrected chi connectivity index (χ0v) is 22.2.